The number of imidazole rings is 1. The lowest BCUT2D eigenvalue weighted by atomic mass is 10.0. The van der Waals surface area contributed by atoms with Gasteiger partial charge in [-0.1, -0.05) is 0 Å². The van der Waals surface area contributed by atoms with Crippen molar-refractivity contribution in [1.82, 2.24) is 19.4 Å². The second-order valence-electron chi connectivity index (χ2n) is 6.18. The van der Waals surface area contributed by atoms with Gasteiger partial charge in [0.15, 0.2) is 5.65 Å². The molecule has 0 N–H and O–H groups in total. The quantitative estimate of drug-likeness (QED) is 0.811. The maximum atomic E-state index is 6.32. The Kier molecular flexibility index (Phi) is 4.07. The van der Waals surface area contributed by atoms with Crippen molar-refractivity contribution in [3.63, 3.8) is 0 Å². The van der Waals surface area contributed by atoms with Crippen molar-refractivity contribution in [3.05, 3.63) is 23.7 Å². The van der Waals surface area contributed by atoms with E-state index in [1.54, 1.807) is 0 Å². The summed E-state index contributed by atoms with van der Waals surface area (Å²) < 4.78 is 2.15. The molecule has 0 fully saturated rings. The van der Waals surface area contributed by atoms with Crippen molar-refractivity contribution in [3.8, 4) is 0 Å². The molecule has 0 spiro atoms. The Labute approximate surface area is 125 Å². The minimum Gasteiger partial charge on any atom is -0.310 e. The Balaban J connectivity index is 2.61. The third-order valence-electron chi connectivity index (χ3n) is 3.98. The first kappa shape index (κ1) is 15.3. The number of pyridine rings is 1. The minimum absolute atomic E-state index is 0.000412. The zero-order chi connectivity index (χ0) is 15.1. The molecule has 4 nitrogen and oxygen atoms in total. The van der Waals surface area contributed by atoms with Gasteiger partial charge in [0.1, 0.15) is 11.3 Å². The van der Waals surface area contributed by atoms with Crippen molar-refractivity contribution in [2.75, 3.05) is 14.1 Å². The highest BCUT2D eigenvalue weighted by molar-refractivity contribution is 6.20. The summed E-state index contributed by atoms with van der Waals surface area (Å²) in [5.41, 5.74) is 3.00. The topological polar surface area (TPSA) is 34.0 Å². The van der Waals surface area contributed by atoms with E-state index in [-0.39, 0.29) is 10.9 Å². The van der Waals surface area contributed by atoms with Gasteiger partial charge in [0.05, 0.1) is 5.38 Å². The van der Waals surface area contributed by atoms with Crippen LogP contribution >= 0.6 is 11.6 Å². The first-order valence-corrected chi connectivity index (χ1v) is 7.31. The second kappa shape index (κ2) is 5.34. The third kappa shape index (κ3) is 2.67. The summed E-state index contributed by atoms with van der Waals surface area (Å²) in [6.45, 7) is 9.23. The fraction of sp³-hybridized carbons (Fsp3) is 0.600. The van der Waals surface area contributed by atoms with Gasteiger partial charge in [-0.3, -0.25) is 0 Å². The summed E-state index contributed by atoms with van der Waals surface area (Å²) in [5, 5.41) is -0.137. The number of nitrogens with zero attached hydrogens (tertiary/aromatic N) is 4. The Morgan fingerprint density at radius 1 is 1.40 bits per heavy atom. The van der Waals surface area contributed by atoms with E-state index >= 15 is 0 Å². The van der Waals surface area contributed by atoms with Crippen molar-refractivity contribution in [1.29, 1.82) is 0 Å². The van der Waals surface area contributed by atoms with Gasteiger partial charge in [0.25, 0.3) is 0 Å². The molecule has 5 heteroatoms. The molecule has 0 saturated carbocycles. The standard InChI is InChI=1S/C15H23ClN4/c1-10-7-8-17-14-12(10)18-13(11(2)16)20(14)9-15(3,4)19(5)6/h7-8,11H,9H2,1-6H3. The summed E-state index contributed by atoms with van der Waals surface area (Å²) in [7, 11) is 4.17. The van der Waals surface area contributed by atoms with Crippen LogP contribution in [0.5, 0.6) is 0 Å². The third-order valence-corrected chi connectivity index (χ3v) is 4.17. The number of hydrogen-bond donors (Lipinski definition) is 0. The molecule has 2 heterocycles. The van der Waals surface area contributed by atoms with Gasteiger partial charge in [-0.15, -0.1) is 11.6 Å². The summed E-state index contributed by atoms with van der Waals surface area (Å²) in [6.07, 6.45) is 1.83. The summed E-state index contributed by atoms with van der Waals surface area (Å²) in [6, 6.07) is 1.99. The smallest absolute Gasteiger partial charge is 0.160 e. The lowest BCUT2D eigenvalue weighted by Crippen LogP contribution is -2.42. The van der Waals surface area contributed by atoms with Crippen LogP contribution in [0.4, 0.5) is 0 Å². The molecule has 0 aliphatic rings. The lowest BCUT2D eigenvalue weighted by Gasteiger charge is -2.33. The van der Waals surface area contributed by atoms with Gasteiger partial charge in [-0.05, 0) is 53.4 Å². The van der Waals surface area contributed by atoms with Crippen LogP contribution in [0.2, 0.25) is 0 Å². The normalized spacial score (nSPS) is 14.2. The van der Waals surface area contributed by atoms with Crippen molar-refractivity contribution in [2.45, 2.75) is 45.2 Å². The molecule has 1 unspecified atom stereocenters. The van der Waals surface area contributed by atoms with Crippen molar-refractivity contribution < 1.29 is 0 Å². The highest BCUT2D eigenvalue weighted by Crippen LogP contribution is 2.27. The predicted molar refractivity (Wildman–Crippen MR) is 84.3 cm³/mol. The van der Waals surface area contributed by atoms with Gasteiger partial charge in [0, 0.05) is 18.3 Å². The molecule has 2 aromatic rings. The van der Waals surface area contributed by atoms with Crippen LogP contribution in [-0.2, 0) is 6.54 Å². The van der Waals surface area contributed by atoms with E-state index in [0.29, 0.717) is 0 Å². The first-order valence-electron chi connectivity index (χ1n) is 6.87. The Morgan fingerprint density at radius 3 is 2.60 bits per heavy atom. The molecular formula is C15H23ClN4. The number of rotatable bonds is 4. The maximum Gasteiger partial charge on any atom is 0.160 e. The molecule has 20 heavy (non-hydrogen) atoms. The van der Waals surface area contributed by atoms with Gasteiger partial charge in [0.2, 0.25) is 0 Å². The zero-order valence-corrected chi connectivity index (χ0v) is 13.9. The molecule has 110 valence electrons. The van der Waals surface area contributed by atoms with Crippen LogP contribution in [0.3, 0.4) is 0 Å². The number of aromatic nitrogens is 3. The van der Waals surface area contributed by atoms with Gasteiger partial charge in [-0.2, -0.15) is 0 Å². The first-order chi connectivity index (χ1) is 9.24. The molecule has 0 aromatic carbocycles. The molecule has 2 aromatic heterocycles. The molecule has 0 saturated heterocycles. The molecule has 0 aliphatic carbocycles. The molecule has 0 radical (unpaired) electrons. The van der Waals surface area contributed by atoms with Crippen LogP contribution in [0, 0.1) is 6.92 Å². The monoisotopic (exact) mass is 294 g/mol. The van der Waals surface area contributed by atoms with E-state index in [9.17, 15) is 0 Å². The second-order valence-corrected chi connectivity index (χ2v) is 6.83. The van der Waals surface area contributed by atoms with Crippen molar-refractivity contribution >= 4 is 22.8 Å². The minimum atomic E-state index is -0.137. The van der Waals surface area contributed by atoms with E-state index in [1.165, 1.54) is 0 Å². The number of alkyl halides is 1. The molecule has 2 rings (SSSR count). The highest BCUT2D eigenvalue weighted by Gasteiger charge is 2.26. The number of aryl methyl sites for hydroxylation is 1. The molecular weight excluding hydrogens is 272 g/mol. The van der Waals surface area contributed by atoms with Gasteiger partial charge in [-0.25, -0.2) is 9.97 Å². The molecule has 0 amide bonds. The van der Waals surface area contributed by atoms with E-state index in [0.717, 1.165) is 29.1 Å². The van der Waals surface area contributed by atoms with E-state index in [2.05, 4.69) is 49.3 Å². The van der Waals surface area contributed by atoms with E-state index in [1.807, 2.05) is 19.2 Å². The van der Waals surface area contributed by atoms with Crippen LogP contribution < -0.4 is 0 Å². The Morgan fingerprint density at radius 2 is 2.05 bits per heavy atom. The fourth-order valence-corrected chi connectivity index (χ4v) is 2.31. The average Bonchev–Trinajstić information content (AvgIpc) is 2.69. The Bertz CT molecular complexity index is 614. The van der Waals surface area contributed by atoms with Crippen LogP contribution in [-0.4, -0.2) is 39.1 Å². The van der Waals surface area contributed by atoms with Crippen molar-refractivity contribution in [2.24, 2.45) is 0 Å². The lowest BCUT2D eigenvalue weighted by molar-refractivity contribution is 0.169. The summed E-state index contributed by atoms with van der Waals surface area (Å²) in [5.74, 6) is 0.887. The maximum absolute atomic E-state index is 6.32. The number of halogens is 1. The van der Waals surface area contributed by atoms with Crippen LogP contribution in [0.1, 0.15) is 37.5 Å². The number of likely N-dealkylation sites (N-methyl/N-ethyl adjacent to an activating group) is 1. The van der Waals surface area contributed by atoms with Crippen LogP contribution in [0.15, 0.2) is 12.3 Å². The molecule has 0 aliphatic heterocycles. The molecule has 0 bridgehead atoms. The highest BCUT2D eigenvalue weighted by atomic mass is 35.5. The number of hydrogen-bond acceptors (Lipinski definition) is 3. The van der Waals surface area contributed by atoms with Gasteiger partial charge >= 0.3 is 0 Å². The largest absolute Gasteiger partial charge is 0.310 e. The summed E-state index contributed by atoms with van der Waals surface area (Å²) in [4.78, 5) is 11.4. The number of fused-ring (bicyclic) bond motifs is 1. The predicted octanol–water partition coefficient (Wildman–Crippen LogP) is 3.38. The average molecular weight is 295 g/mol. The van der Waals surface area contributed by atoms with E-state index in [4.69, 9.17) is 16.6 Å². The Hall–Kier alpha value is -1.13. The fourth-order valence-electron chi connectivity index (χ4n) is 2.14. The SMILES string of the molecule is Cc1ccnc2c1nc(C(C)Cl)n2CC(C)(C)N(C)C. The van der Waals surface area contributed by atoms with Gasteiger partial charge < -0.3 is 9.47 Å². The zero-order valence-electron chi connectivity index (χ0n) is 13.1. The summed E-state index contributed by atoms with van der Waals surface area (Å²) >= 11 is 6.32. The molecule has 1 atom stereocenters. The van der Waals surface area contributed by atoms with Crippen LogP contribution in [0.25, 0.3) is 11.2 Å². The van der Waals surface area contributed by atoms with E-state index < -0.39 is 0 Å².